The Morgan fingerprint density at radius 3 is 2.25 bits per heavy atom. The van der Waals surface area contributed by atoms with Crippen LogP contribution in [0.25, 0.3) is 0 Å². The highest BCUT2D eigenvalue weighted by Gasteiger charge is 2.11. The number of methoxy groups -OCH3 is 1. The minimum Gasteiger partial charge on any atom is -0.383 e. The maximum atomic E-state index is 12.2. The number of nitrogens with one attached hydrogen (secondary N) is 2. The molecular formula is C18H21N3O3. The molecule has 0 aliphatic rings. The van der Waals surface area contributed by atoms with Crippen LogP contribution in [-0.4, -0.2) is 37.1 Å². The Morgan fingerprint density at radius 2 is 1.62 bits per heavy atom. The molecule has 6 nitrogen and oxygen atoms in total. The zero-order valence-corrected chi connectivity index (χ0v) is 13.8. The van der Waals surface area contributed by atoms with E-state index in [1.807, 2.05) is 31.2 Å². The molecule has 0 unspecified atom stereocenters. The van der Waals surface area contributed by atoms with Crippen molar-refractivity contribution >= 4 is 11.8 Å². The van der Waals surface area contributed by atoms with Crippen molar-refractivity contribution in [1.29, 1.82) is 0 Å². The molecule has 0 radical (unpaired) electrons. The fourth-order valence-corrected chi connectivity index (χ4v) is 2.02. The van der Waals surface area contributed by atoms with E-state index in [4.69, 9.17) is 4.74 Å². The van der Waals surface area contributed by atoms with Gasteiger partial charge in [0.05, 0.1) is 6.61 Å². The van der Waals surface area contributed by atoms with Crippen LogP contribution in [0.5, 0.6) is 0 Å². The van der Waals surface area contributed by atoms with Crippen molar-refractivity contribution < 1.29 is 14.3 Å². The second-order valence-corrected chi connectivity index (χ2v) is 5.33. The molecule has 0 bridgehead atoms. The van der Waals surface area contributed by atoms with Gasteiger partial charge in [-0.1, -0.05) is 35.9 Å². The number of rotatable bonds is 7. The molecule has 2 amide bonds. The first-order valence-corrected chi connectivity index (χ1v) is 7.68. The van der Waals surface area contributed by atoms with E-state index in [0.717, 1.165) is 5.56 Å². The molecule has 0 saturated carbocycles. The number of ether oxygens (including phenoxy) is 1. The minimum atomic E-state index is -0.333. The molecule has 0 aliphatic carbocycles. The van der Waals surface area contributed by atoms with E-state index in [9.17, 15) is 9.59 Å². The van der Waals surface area contributed by atoms with E-state index in [0.29, 0.717) is 19.7 Å². The molecule has 24 heavy (non-hydrogen) atoms. The van der Waals surface area contributed by atoms with Crippen LogP contribution >= 0.6 is 0 Å². The van der Waals surface area contributed by atoms with Crippen LogP contribution in [0.2, 0.25) is 0 Å². The van der Waals surface area contributed by atoms with Gasteiger partial charge >= 0.3 is 0 Å². The summed E-state index contributed by atoms with van der Waals surface area (Å²) in [7, 11) is 1.56. The van der Waals surface area contributed by atoms with Gasteiger partial charge in [-0.3, -0.25) is 9.59 Å². The number of carbonyl (C=O) groups is 2. The Labute approximate surface area is 141 Å². The molecule has 0 saturated heterocycles. The lowest BCUT2D eigenvalue weighted by atomic mass is 10.1. The molecule has 2 N–H and O–H groups in total. The lowest BCUT2D eigenvalue weighted by molar-refractivity contribution is 0.0930. The molecular weight excluding hydrogens is 306 g/mol. The third kappa shape index (κ3) is 5.17. The van der Waals surface area contributed by atoms with Crippen molar-refractivity contribution in [1.82, 2.24) is 15.6 Å². The highest BCUT2D eigenvalue weighted by Crippen LogP contribution is 2.04. The molecule has 2 aromatic rings. The Balaban J connectivity index is 1.95. The van der Waals surface area contributed by atoms with Gasteiger partial charge in [-0.05, 0) is 24.6 Å². The van der Waals surface area contributed by atoms with Crippen LogP contribution in [0.15, 0.2) is 42.5 Å². The van der Waals surface area contributed by atoms with E-state index in [-0.39, 0.29) is 23.2 Å². The SMILES string of the molecule is COCCNC(=O)c1cccc(C(=O)NCc2ccc(C)cc2)n1. The summed E-state index contributed by atoms with van der Waals surface area (Å²) in [6.07, 6.45) is 0. The van der Waals surface area contributed by atoms with Crippen molar-refractivity contribution in [3.05, 3.63) is 65.0 Å². The molecule has 126 valence electrons. The number of amides is 2. The molecule has 0 aliphatic heterocycles. The predicted molar refractivity (Wildman–Crippen MR) is 90.8 cm³/mol. The van der Waals surface area contributed by atoms with Gasteiger partial charge in [-0.15, -0.1) is 0 Å². The number of hydrogen-bond acceptors (Lipinski definition) is 4. The molecule has 0 atom stereocenters. The van der Waals surface area contributed by atoms with Gasteiger partial charge < -0.3 is 15.4 Å². The lowest BCUT2D eigenvalue weighted by Gasteiger charge is -2.07. The van der Waals surface area contributed by atoms with Crippen molar-refractivity contribution in [2.45, 2.75) is 13.5 Å². The zero-order chi connectivity index (χ0) is 17.4. The van der Waals surface area contributed by atoms with Gasteiger partial charge in [0.15, 0.2) is 0 Å². The summed E-state index contributed by atoms with van der Waals surface area (Å²) >= 11 is 0. The average Bonchev–Trinajstić information content (AvgIpc) is 2.61. The molecule has 1 heterocycles. The third-order valence-corrected chi connectivity index (χ3v) is 3.38. The van der Waals surface area contributed by atoms with Gasteiger partial charge in [0, 0.05) is 20.2 Å². The van der Waals surface area contributed by atoms with Crippen molar-refractivity contribution in [3.8, 4) is 0 Å². The van der Waals surface area contributed by atoms with Crippen molar-refractivity contribution in [2.75, 3.05) is 20.3 Å². The quantitative estimate of drug-likeness (QED) is 0.759. The van der Waals surface area contributed by atoms with Gasteiger partial charge in [-0.2, -0.15) is 0 Å². The Hall–Kier alpha value is -2.73. The van der Waals surface area contributed by atoms with Gasteiger partial charge in [-0.25, -0.2) is 4.98 Å². The fourth-order valence-electron chi connectivity index (χ4n) is 2.02. The van der Waals surface area contributed by atoms with Crippen molar-refractivity contribution in [2.24, 2.45) is 0 Å². The average molecular weight is 327 g/mol. The molecule has 0 spiro atoms. The molecule has 6 heteroatoms. The van der Waals surface area contributed by atoms with E-state index < -0.39 is 0 Å². The van der Waals surface area contributed by atoms with Gasteiger partial charge in [0.1, 0.15) is 11.4 Å². The first kappa shape index (κ1) is 17.6. The van der Waals surface area contributed by atoms with Crippen LogP contribution in [0, 0.1) is 6.92 Å². The summed E-state index contributed by atoms with van der Waals surface area (Å²) < 4.78 is 4.87. The maximum absolute atomic E-state index is 12.2. The van der Waals surface area contributed by atoms with Crippen LogP contribution in [0.3, 0.4) is 0 Å². The number of carbonyl (C=O) groups excluding carboxylic acids is 2. The third-order valence-electron chi connectivity index (χ3n) is 3.38. The molecule has 0 fully saturated rings. The van der Waals surface area contributed by atoms with E-state index in [1.165, 1.54) is 5.56 Å². The second-order valence-electron chi connectivity index (χ2n) is 5.33. The summed E-state index contributed by atoms with van der Waals surface area (Å²) in [4.78, 5) is 28.3. The van der Waals surface area contributed by atoms with Crippen molar-refractivity contribution in [3.63, 3.8) is 0 Å². The monoisotopic (exact) mass is 327 g/mol. The number of benzene rings is 1. The van der Waals surface area contributed by atoms with Gasteiger partial charge in [0.25, 0.3) is 11.8 Å². The highest BCUT2D eigenvalue weighted by atomic mass is 16.5. The number of hydrogen-bond donors (Lipinski definition) is 2. The lowest BCUT2D eigenvalue weighted by Crippen LogP contribution is -2.29. The molecule has 1 aromatic heterocycles. The van der Waals surface area contributed by atoms with Crippen LogP contribution in [-0.2, 0) is 11.3 Å². The number of nitrogens with zero attached hydrogens (tertiary/aromatic N) is 1. The normalized spacial score (nSPS) is 10.2. The smallest absolute Gasteiger partial charge is 0.270 e. The Morgan fingerprint density at radius 1 is 1.00 bits per heavy atom. The maximum Gasteiger partial charge on any atom is 0.270 e. The summed E-state index contributed by atoms with van der Waals surface area (Å²) in [5, 5.41) is 5.47. The zero-order valence-electron chi connectivity index (χ0n) is 13.8. The Bertz CT molecular complexity index is 699. The largest absolute Gasteiger partial charge is 0.383 e. The topological polar surface area (TPSA) is 80.3 Å². The van der Waals surface area contributed by atoms with E-state index in [2.05, 4.69) is 15.6 Å². The van der Waals surface area contributed by atoms with E-state index >= 15 is 0 Å². The summed E-state index contributed by atoms with van der Waals surface area (Å²) in [6.45, 7) is 3.23. The summed E-state index contributed by atoms with van der Waals surface area (Å²) in [5.41, 5.74) is 2.58. The highest BCUT2D eigenvalue weighted by molar-refractivity contribution is 5.96. The van der Waals surface area contributed by atoms with E-state index in [1.54, 1.807) is 25.3 Å². The number of aromatic nitrogens is 1. The summed E-state index contributed by atoms with van der Waals surface area (Å²) in [6, 6.07) is 12.7. The first-order chi connectivity index (χ1) is 11.6. The van der Waals surface area contributed by atoms with Crippen LogP contribution in [0.4, 0.5) is 0 Å². The number of aryl methyl sites for hydroxylation is 1. The predicted octanol–water partition coefficient (Wildman–Crippen LogP) is 1.70. The Kier molecular flexibility index (Phi) is 6.45. The second kappa shape index (κ2) is 8.79. The first-order valence-electron chi connectivity index (χ1n) is 7.68. The number of pyridine rings is 1. The standard InChI is InChI=1S/C18H21N3O3/c1-13-6-8-14(9-7-13)12-20-18(23)16-5-3-4-15(21-16)17(22)19-10-11-24-2/h3-9H,10-12H2,1-2H3,(H,19,22)(H,20,23). The summed E-state index contributed by atoms with van der Waals surface area (Å²) in [5.74, 6) is -0.651. The van der Waals surface area contributed by atoms with Crippen LogP contribution in [0.1, 0.15) is 32.1 Å². The fraction of sp³-hybridized carbons (Fsp3) is 0.278. The van der Waals surface area contributed by atoms with Crippen LogP contribution < -0.4 is 10.6 Å². The molecule has 1 aromatic carbocycles. The minimum absolute atomic E-state index is 0.203. The molecule has 2 rings (SSSR count). The van der Waals surface area contributed by atoms with Gasteiger partial charge in [0.2, 0.25) is 0 Å².